The van der Waals surface area contributed by atoms with Gasteiger partial charge in [0.2, 0.25) is 0 Å². The van der Waals surface area contributed by atoms with Crippen molar-refractivity contribution in [2.24, 2.45) is 0 Å². The van der Waals surface area contributed by atoms with Crippen LogP contribution in [-0.2, 0) is 20.1 Å². The van der Waals surface area contributed by atoms with E-state index in [1.165, 1.54) is 20.8 Å². The van der Waals surface area contributed by atoms with Gasteiger partial charge in [-0.05, 0) is 96.5 Å². The number of hydrogen-bond donors (Lipinski definition) is 0. The molecule has 1 aromatic rings. The van der Waals surface area contributed by atoms with Crippen LogP contribution in [0.4, 0.5) is 30.7 Å². The molecule has 1 aromatic carbocycles. The highest BCUT2D eigenvalue weighted by Crippen LogP contribution is 2.48. The van der Waals surface area contributed by atoms with Crippen LogP contribution >= 0.6 is 0 Å². The Balaban J connectivity index is 2.39. The van der Waals surface area contributed by atoms with E-state index in [1.807, 2.05) is 6.07 Å². The Labute approximate surface area is 240 Å². The van der Waals surface area contributed by atoms with E-state index in [1.54, 1.807) is 31.8 Å². The molecular formula is C27H42F7NO4Si2. The van der Waals surface area contributed by atoms with Crippen LogP contribution in [0, 0.1) is 0 Å². The second-order valence-electron chi connectivity index (χ2n) is 13.3. The van der Waals surface area contributed by atoms with E-state index < -0.39 is 58.8 Å². The lowest BCUT2D eigenvalue weighted by atomic mass is 9.89. The fourth-order valence-electron chi connectivity index (χ4n) is 4.61. The zero-order valence-corrected chi connectivity index (χ0v) is 27.1. The van der Waals surface area contributed by atoms with Gasteiger partial charge in [0.1, 0.15) is 12.4 Å². The van der Waals surface area contributed by atoms with Crippen LogP contribution in [0.5, 0.6) is 5.75 Å². The third-order valence-electron chi connectivity index (χ3n) is 6.31. The Morgan fingerprint density at radius 3 is 2.05 bits per heavy atom. The fraction of sp³-hybridized carbons (Fsp3) is 0.741. The van der Waals surface area contributed by atoms with Crippen molar-refractivity contribution in [1.29, 1.82) is 0 Å². The summed E-state index contributed by atoms with van der Waals surface area (Å²) in [6, 6.07) is 5.51. The van der Waals surface area contributed by atoms with Crippen molar-refractivity contribution in [2.45, 2.75) is 115 Å². The molecule has 14 heteroatoms. The van der Waals surface area contributed by atoms with Crippen molar-refractivity contribution in [1.82, 2.24) is 4.90 Å². The summed E-state index contributed by atoms with van der Waals surface area (Å²) in [5.74, 6) is -14.7. The molecule has 41 heavy (non-hydrogen) atoms. The number of ether oxygens (including phenoxy) is 1. The van der Waals surface area contributed by atoms with Crippen LogP contribution in [0.3, 0.4) is 0 Å². The molecule has 0 heterocycles. The number of fused-ring (bicyclic) bond motifs is 1. The van der Waals surface area contributed by atoms with Gasteiger partial charge in [-0.25, -0.2) is 0 Å². The van der Waals surface area contributed by atoms with Gasteiger partial charge in [-0.2, -0.15) is 30.7 Å². The van der Waals surface area contributed by atoms with Gasteiger partial charge in [0.15, 0.2) is 16.6 Å². The Morgan fingerprint density at radius 2 is 1.56 bits per heavy atom. The molecule has 0 fully saturated rings. The van der Waals surface area contributed by atoms with Crippen LogP contribution in [0.1, 0.15) is 50.8 Å². The molecule has 0 radical (unpaired) electrons. The second-order valence-corrected chi connectivity index (χ2v) is 22.3. The molecule has 1 amide bonds. The first-order valence-electron chi connectivity index (χ1n) is 13.5. The molecular weight excluding hydrogens is 591 g/mol. The monoisotopic (exact) mass is 633 g/mol. The van der Waals surface area contributed by atoms with Gasteiger partial charge in [0.25, 0.3) is 0 Å². The van der Waals surface area contributed by atoms with Crippen molar-refractivity contribution in [3.63, 3.8) is 0 Å². The predicted octanol–water partition coefficient (Wildman–Crippen LogP) is 7.97. The van der Waals surface area contributed by atoms with Crippen molar-refractivity contribution in [2.75, 3.05) is 13.2 Å². The normalized spacial score (nSPS) is 18.1. The maximum absolute atomic E-state index is 14.5. The Morgan fingerprint density at radius 1 is 0.976 bits per heavy atom. The van der Waals surface area contributed by atoms with Gasteiger partial charge in [-0.3, -0.25) is 4.79 Å². The van der Waals surface area contributed by atoms with Crippen molar-refractivity contribution < 1.29 is 49.1 Å². The number of nitrogens with zero attached hydrogens (tertiary/aromatic N) is 1. The molecule has 0 N–H and O–H groups in total. The molecule has 0 spiro atoms. The molecule has 2 rings (SSSR count). The molecule has 0 aromatic heterocycles. The number of hydrogen-bond acceptors (Lipinski definition) is 4. The number of alkyl halides is 7. The van der Waals surface area contributed by atoms with Gasteiger partial charge in [-0.1, -0.05) is 12.1 Å². The lowest BCUT2D eigenvalue weighted by Gasteiger charge is -2.42. The second kappa shape index (κ2) is 12.2. The Kier molecular flexibility index (Phi) is 10.5. The molecule has 0 saturated carbocycles. The zero-order chi connectivity index (χ0) is 31.8. The molecule has 0 saturated heterocycles. The van der Waals surface area contributed by atoms with E-state index in [-0.39, 0.29) is 12.7 Å². The molecule has 2 atom stereocenters. The molecule has 1 aliphatic carbocycles. The smallest absolute Gasteiger partial charge is 0.460 e. The number of carbonyl (C=O) groups is 1. The molecule has 1 aliphatic rings. The van der Waals surface area contributed by atoms with Crippen LogP contribution in [0.15, 0.2) is 18.2 Å². The number of amides is 1. The van der Waals surface area contributed by atoms with E-state index in [4.69, 9.17) is 13.6 Å². The van der Waals surface area contributed by atoms with Gasteiger partial charge >= 0.3 is 23.9 Å². The minimum atomic E-state index is -6.63. The van der Waals surface area contributed by atoms with Gasteiger partial charge < -0.3 is 18.5 Å². The number of rotatable bonds is 11. The van der Waals surface area contributed by atoms with Gasteiger partial charge in [-0.15, -0.1) is 0 Å². The van der Waals surface area contributed by atoms with Crippen molar-refractivity contribution in [3.05, 3.63) is 29.3 Å². The molecule has 0 aliphatic heterocycles. The quantitative estimate of drug-likeness (QED) is 0.183. The van der Waals surface area contributed by atoms with Crippen molar-refractivity contribution in [3.8, 4) is 5.75 Å². The standard InChI is InChI=1S/C27H42F7NO4Si2/c1-24(2,3)35(23(36)25(28,29)26(30,31)27(32,33)34)16-18(38-40(4,5)6)17-37-21-14-10-13-20-19(21)12-11-15-22(20)39-41(7,8)9/h10,13-14,18,22H,11-12,15-17H2,1-9H3. The number of carbonyl (C=O) groups excluding carboxylic acids is 1. The average Bonchev–Trinajstić information content (AvgIpc) is 2.77. The summed E-state index contributed by atoms with van der Waals surface area (Å²) in [6.07, 6.45) is -5.41. The highest BCUT2D eigenvalue weighted by atomic mass is 28.4. The molecule has 236 valence electrons. The van der Waals surface area contributed by atoms with E-state index in [0.29, 0.717) is 17.1 Å². The third-order valence-corrected chi connectivity index (χ3v) is 8.34. The molecule has 0 bridgehead atoms. The highest BCUT2D eigenvalue weighted by molar-refractivity contribution is 6.70. The van der Waals surface area contributed by atoms with Crippen LogP contribution < -0.4 is 4.74 Å². The third kappa shape index (κ3) is 8.93. The summed E-state index contributed by atoms with van der Waals surface area (Å²) in [4.78, 5) is 13.0. The lowest BCUT2D eigenvalue weighted by Crippen LogP contribution is -2.64. The highest BCUT2D eigenvalue weighted by Gasteiger charge is 2.77. The predicted molar refractivity (Wildman–Crippen MR) is 148 cm³/mol. The van der Waals surface area contributed by atoms with Crippen LogP contribution in [0.2, 0.25) is 39.3 Å². The van der Waals surface area contributed by atoms with E-state index >= 15 is 0 Å². The largest absolute Gasteiger partial charge is 0.491 e. The zero-order valence-electron chi connectivity index (χ0n) is 25.1. The van der Waals surface area contributed by atoms with Crippen molar-refractivity contribution >= 4 is 22.5 Å². The van der Waals surface area contributed by atoms with Gasteiger partial charge in [0, 0.05) is 12.1 Å². The summed E-state index contributed by atoms with van der Waals surface area (Å²) in [7, 11) is -4.31. The Bertz CT molecular complexity index is 1060. The average molecular weight is 634 g/mol. The summed E-state index contributed by atoms with van der Waals surface area (Å²) < 4.78 is 114. The number of halogens is 7. The van der Waals surface area contributed by atoms with Crippen LogP contribution in [0.25, 0.3) is 0 Å². The Hall–Kier alpha value is -1.65. The van der Waals surface area contributed by atoms with E-state index in [0.717, 1.165) is 24.0 Å². The first kappa shape index (κ1) is 35.5. The first-order chi connectivity index (χ1) is 18.3. The summed E-state index contributed by atoms with van der Waals surface area (Å²) in [5, 5.41) is 0. The number of benzene rings is 1. The molecule has 5 nitrogen and oxygen atoms in total. The fourth-order valence-corrected chi connectivity index (χ4v) is 6.85. The summed E-state index contributed by atoms with van der Waals surface area (Å²) in [6.45, 7) is 14.5. The lowest BCUT2D eigenvalue weighted by molar-refractivity contribution is -0.346. The maximum Gasteiger partial charge on any atom is 0.460 e. The molecule has 2 unspecified atom stereocenters. The minimum absolute atomic E-state index is 0.102. The summed E-state index contributed by atoms with van der Waals surface area (Å²) >= 11 is 0. The first-order valence-corrected chi connectivity index (χ1v) is 20.3. The van der Waals surface area contributed by atoms with E-state index in [2.05, 4.69) is 19.6 Å². The SMILES string of the molecule is CC(C)(C)N(CC(COc1cccc2c1CCCC2O[Si](C)(C)C)O[Si](C)(C)C)C(=O)C(F)(F)C(F)(F)C(F)(F)F. The minimum Gasteiger partial charge on any atom is -0.491 e. The van der Waals surface area contributed by atoms with Gasteiger partial charge in [0.05, 0.1) is 12.2 Å². The van der Waals surface area contributed by atoms with Crippen LogP contribution in [-0.4, -0.2) is 70.3 Å². The topological polar surface area (TPSA) is 48.0 Å². The van der Waals surface area contributed by atoms with E-state index in [9.17, 15) is 35.5 Å². The maximum atomic E-state index is 14.5. The summed E-state index contributed by atoms with van der Waals surface area (Å²) in [5.41, 5.74) is 0.365.